The highest BCUT2D eigenvalue weighted by atomic mass is 19.4. The molecule has 4 nitrogen and oxygen atoms in total. The molecule has 0 spiro atoms. The molecule has 1 rings (SSSR count). The summed E-state index contributed by atoms with van der Waals surface area (Å²) in [4.78, 5) is 22.8. The predicted molar refractivity (Wildman–Crippen MR) is 78.6 cm³/mol. The second kappa shape index (κ2) is 7.80. The van der Waals surface area contributed by atoms with E-state index in [0.29, 0.717) is 12.0 Å². The van der Waals surface area contributed by atoms with Gasteiger partial charge in [0.2, 0.25) is 5.91 Å². The third kappa shape index (κ3) is 5.77. The number of hydrogen-bond donors (Lipinski definition) is 2. The molecule has 0 fully saturated rings. The van der Waals surface area contributed by atoms with E-state index in [9.17, 15) is 22.8 Å². The maximum atomic E-state index is 12.5. The number of carboxylic acids is 1. The molecule has 23 heavy (non-hydrogen) atoms. The highest BCUT2D eigenvalue weighted by Crippen LogP contribution is 2.29. The van der Waals surface area contributed by atoms with Crippen molar-refractivity contribution in [3.63, 3.8) is 0 Å². The number of allylic oxidation sites excluding steroid dienone is 1. The van der Waals surface area contributed by atoms with Crippen LogP contribution in [-0.4, -0.2) is 17.0 Å². The summed E-state index contributed by atoms with van der Waals surface area (Å²) in [7, 11) is 0. The topological polar surface area (TPSA) is 66.4 Å². The van der Waals surface area contributed by atoms with Crippen LogP contribution in [0.4, 0.5) is 13.2 Å². The number of aliphatic carboxylic acids is 1. The number of hydrogen-bond acceptors (Lipinski definition) is 2. The van der Waals surface area contributed by atoms with E-state index in [1.165, 1.54) is 18.2 Å². The first-order valence-corrected chi connectivity index (χ1v) is 7.04. The number of carbonyl (C=O) groups is 2. The average Bonchev–Trinajstić information content (AvgIpc) is 2.45. The maximum Gasteiger partial charge on any atom is 0.416 e. The minimum absolute atomic E-state index is 0.00961. The lowest BCUT2D eigenvalue weighted by Crippen LogP contribution is -2.27. The Hall–Kier alpha value is -2.31. The van der Waals surface area contributed by atoms with E-state index in [0.717, 1.165) is 12.1 Å². The van der Waals surface area contributed by atoms with Crippen molar-refractivity contribution in [1.82, 2.24) is 5.32 Å². The summed E-state index contributed by atoms with van der Waals surface area (Å²) in [5.74, 6) is -1.66. The van der Waals surface area contributed by atoms with Crippen molar-refractivity contribution in [1.29, 1.82) is 0 Å². The Balaban J connectivity index is 2.72. The van der Waals surface area contributed by atoms with E-state index in [4.69, 9.17) is 5.11 Å². The number of nitrogens with one attached hydrogen (secondary N) is 1. The minimum atomic E-state index is -4.41. The fraction of sp³-hybridized carbons (Fsp3) is 0.375. The number of halogens is 3. The van der Waals surface area contributed by atoms with Crippen LogP contribution in [0.15, 0.2) is 35.9 Å². The van der Waals surface area contributed by atoms with E-state index in [2.05, 4.69) is 5.32 Å². The van der Waals surface area contributed by atoms with E-state index in [-0.39, 0.29) is 12.0 Å². The van der Waals surface area contributed by atoms with Crippen LogP contribution in [0.1, 0.15) is 43.9 Å². The monoisotopic (exact) mass is 329 g/mol. The second-order valence-corrected chi connectivity index (χ2v) is 5.03. The summed E-state index contributed by atoms with van der Waals surface area (Å²) >= 11 is 0. The normalized spacial score (nSPS) is 13.5. The van der Waals surface area contributed by atoms with E-state index >= 15 is 0 Å². The van der Waals surface area contributed by atoms with Crippen molar-refractivity contribution < 1.29 is 27.9 Å². The predicted octanol–water partition coefficient (Wildman–Crippen LogP) is 3.69. The van der Waals surface area contributed by atoms with Gasteiger partial charge in [0.15, 0.2) is 0 Å². The van der Waals surface area contributed by atoms with Gasteiger partial charge < -0.3 is 10.4 Å². The van der Waals surface area contributed by atoms with Crippen LogP contribution in [0.2, 0.25) is 0 Å². The van der Waals surface area contributed by atoms with Crippen molar-refractivity contribution >= 4 is 11.9 Å². The van der Waals surface area contributed by atoms with Crippen molar-refractivity contribution in [2.75, 3.05) is 0 Å². The molecular formula is C16H18F3NO3. The Morgan fingerprint density at radius 1 is 1.26 bits per heavy atom. The number of carbonyl (C=O) groups excluding carboxylic acids is 1. The highest BCUT2D eigenvalue weighted by molar-refractivity contribution is 5.94. The van der Waals surface area contributed by atoms with Gasteiger partial charge in [-0.25, -0.2) is 4.79 Å². The Labute approximate surface area is 132 Å². The van der Waals surface area contributed by atoms with Crippen LogP contribution in [-0.2, 0) is 15.8 Å². The summed E-state index contributed by atoms with van der Waals surface area (Å²) in [5, 5.41) is 11.5. The zero-order chi connectivity index (χ0) is 17.6. The van der Waals surface area contributed by atoms with E-state index < -0.39 is 29.7 Å². The molecule has 0 unspecified atom stereocenters. The molecular weight excluding hydrogens is 311 g/mol. The summed E-state index contributed by atoms with van der Waals surface area (Å²) in [6.45, 7) is 3.37. The number of carboxylic acid groups (broad SMARTS) is 1. The molecule has 0 radical (unpaired) electrons. The SMILES string of the molecule is CC/C=C(\CC(=O)N[C@@H](C)c1ccc(C(F)(F)F)cc1)C(=O)O. The van der Waals surface area contributed by atoms with Crippen molar-refractivity contribution in [3.8, 4) is 0 Å². The maximum absolute atomic E-state index is 12.5. The van der Waals surface area contributed by atoms with Crippen LogP contribution in [0, 0.1) is 0 Å². The Morgan fingerprint density at radius 3 is 2.26 bits per heavy atom. The van der Waals surface area contributed by atoms with Crippen LogP contribution in [0.25, 0.3) is 0 Å². The lowest BCUT2D eigenvalue weighted by molar-refractivity contribution is -0.137. The first-order valence-electron chi connectivity index (χ1n) is 7.04. The molecule has 0 aliphatic rings. The van der Waals surface area contributed by atoms with Crippen LogP contribution in [0.3, 0.4) is 0 Å². The molecule has 7 heteroatoms. The van der Waals surface area contributed by atoms with Gasteiger partial charge >= 0.3 is 12.1 Å². The lowest BCUT2D eigenvalue weighted by Gasteiger charge is -2.15. The fourth-order valence-corrected chi connectivity index (χ4v) is 1.99. The largest absolute Gasteiger partial charge is 0.478 e. The number of rotatable bonds is 6. The van der Waals surface area contributed by atoms with Gasteiger partial charge in [0.05, 0.1) is 18.0 Å². The van der Waals surface area contributed by atoms with Gasteiger partial charge in [-0.3, -0.25) is 4.79 Å². The minimum Gasteiger partial charge on any atom is -0.478 e. The first kappa shape index (κ1) is 18.7. The standard InChI is InChI=1S/C16H18F3NO3/c1-3-4-12(15(22)23)9-14(21)20-10(2)11-5-7-13(8-6-11)16(17,18)19/h4-8,10H,3,9H2,1-2H3,(H,20,21)(H,22,23)/b12-4+/t10-/m0/s1. The van der Waals surface area contributed by atoms with Crippen LogP contribution >= 0.6 is 0 Å². The molecule has 0 saturated heterocycles. The van der Waals surface area contributed by atoms with Gasteiger partial charge in [-0.1, -0.05) is 25.1 Å². The molecule has 2 N–H and O–H groups in total. The molecule has 126 valence electrons. The van der Waals surface area contributed by atoms with Crippen molar-refractivity contribution in [2.45, 2.75) is 38.9 Å². The van der Waals surface area contributed by atoms with Gasteiger partial charge in [0, 0.05) is 5.57 Å². The molecule has 0 heterocycles. The Bertz CT molecular complexity index is 592. The van der Waals surface area contributed by atoms with Gasteiger partial charge in [0.25, 0.3) is 0 Å². The van der Waals surface area contributed by atoms with Gasteiger partial charge in [0.1, 0.15) is 0 Å². The fourth-order valence-electron chi connectivity index (χ4n) is 1.99. The summed E-state index contributed by atoms with van der Waals surface area (Å²) in [6.07, 6.45) is -2.76. The number of benzene rings is 1. The summed E-state index contributed by atoms with van der Waals surface area (Å²) in [5.41, 5.74) is -0.272. The van der Waals surface area contributed by atoms with Crippen LogP contribution in [0.5, 0.6) is 0 Å². The first-order chi connectivity index (χ1) is 10.6. The molecule has 1 amide bonds. The second-order valence-electron chi connectivity index (χ2n) is 5.03. The van der Waals surface area contributed by atoms with E-state index in [1.807, 2.05) is 0 Å². The molecule has 0 aliphatic heterocycles. The summed E-state index contributed by atoms with van der Waals surface area (Å²) in [6, 6.07) is 3.93. The van der Waals surface area contributed by atoms with Crippen molar-refractivity contribution in [3.05, 3.63) is 47.0 Å². The van der Waals surface area contributed by atoms with Crippen LogP contribution < -0.4 is 5.32 Å². The zero-order valence-corrected chi connectivity index (χ0v) is 12.8. The zero-order valence-electron chi connectivity index (χ0n) is 12.8. The molecule has 1 atom stereocenters. The molecule has 1 aromatic rings. The summed E-state index contributed by atoms with van der Waals surface area (Å²) < 4.78 is 37.5. The van der Waals surface area contributed by atoms with Gasteiger partial charge in [-0.15, -0.1) is 0 Å². The van der Waals surface area contributed by atoms with Crippen molar-refractivity contribution in [2.24, 2.45) is 0 Å². The molecule has 0 aromatic heterocycles. The third-order valence-corrected chi connectivity index (χ3v) is 3.19. The number of amides is 1. The van der Waals surface area contributed by atoms with Gasteiger partial charge in [-0.2, -0.15) is 13.2 Å². The third-order valence-electron chi connectivity index (χ3n) is 3.19. The molecule has 1 aromatic carbocycles. The lowest BCUT2D eigenvalue weighted by atomic mass is 10.0. The molecule has 0 bridgehead atoms. The Kier molecular flexibility index (Phi) is 6.36. The Morgan fingerprint density at radius 2 is 1.83 bits per heavy atom. The highest BCUT2D eigenvalue weighted by Gasteiger charge is 2.30. The molecule has 0 saturated carbocycles. The van der Waals surface area contributed by atoms with Gasteiger partial charge in [-0.05, 0) is 31.0 Å². The number of alkyl halides is 3. The smallest absolute Gasteiger partial charge is 0.416 e. The quantitative estimate of drug-likeness (QED) is 0.782. The molecule has 0 aliphatic carbocycles. The van der Waals surface area contributed by atoms with E-state index in [1.54, 1.807) is 13.8 Å². The average molecular weight is 329 g/mol.